The number of nitrogens with one attached hydrogen (secondary N) is 1. The maximum absolute atomic E-state index is 12.8. The van der Waals surface area contributed by atoms with Crippen molar-refractivity contribution in [2.24, 2.45) is 0 Å². The van der Waals surface area contributed by atoms with E-state index in [1.165, 1.54) is 19.5 Å². The number of carbonyl (C=O) groups excluding carboxylic acids is 2. The Morgan fingerprint density at radius 2 is 1.92 bits per heavy atom. The van der Waals surface area contributed by atoms with Gasteiger partial charge in [-0.3, -0.25) is 9.59 Å². The fourth-order valence-electron chi connectivity index (χ4n) is 3.14. The van der Waals surface area contributed by atoms with Gasteiger partial charge in [0.05, 0.1) is 23.8 Å². The molecule has 8 nitrogen and oxygen atoms in total. The van der Waals surface area contributed by atoms with Crippen molar-refractivity contribution in [2.75, 3.05) is 17.3 Å². The van der Waals surface area contributed by atoms with Crippen LogP contribution in [0.5, 0.6) is 6.01 Å². The zero-order valence-corrected chi connectivity index (χ0v) is 14.8. The fraction of sp³-hybridized carbons (Fsp3) is 0.389. The Balaban J connectivity index is 1.61. The van der Waals surface area contributed by atoms with Gasteiger partial charge in [0.1, 0.15) is 5.82 Å². The second kappa shape index (κ2) is 5.76. The van der Waals surface area contributed by atoms with Crippen molar-refractivity contribution in [3.63, 3.8) is 0 Å². The Bertz CT molecular complexity index is 890. The summed E-state index contributed by atoms with van der Waals surface area (Å²) in [5.41, 5.74) is 1.42. The maximum Gasteiger partial charge on any atom is 0.316 e. The smallest absolute Gasteiger partial charge is 0.316 e. The standard InChI is InChI=1S/C18H19N5O3/c1-18(2)12-9-19-14(6-13(12)23(16(18)25)11-4-5-11)22-15(24)10-7-20-17(26-3)21-8-10/h6-9,11H,4-5H2,1-3H3,(H,19,22,24). The molecule has 0 bridgehead atoms. The number of anilines is 2. The molecule has 1 aliphatic heterocycles. The van der Waals surface area contributed by atoms with Crippen molar-refractivity contribution < 1.29 is 14.3 Å². The number of hydrogen-bond donors (Lipinski definition) is 1. The zero-order chi connectivity index (χ0) is 18.5. The highest BCUT2D eigenvalue weighted by atomic mass is 16.5. The molecular weight excluding hydrogens is 334 g/mol. The van der Waals surface area contributed by atoms with Crippen LogP contribution in [0.15, 0.2) is 24.7 Å². The second-order valence-corrected chi connectivity index (χ2v) is 7.03. The van der Waals surface area contributed by atoms with E-state index in [0.29, 0.717) is 11.4 Å². The van der Waals surface area contributed by atoms with Crippen molar-refractivity contribution in [3.05, 3.63) is 35.8 Å². The van der Waals surface area contributed by atoms with Gasteiger partial charge < -0.3 is 15.0 Å². The Hall–Kier alpha value is -3.03. The number of aromatic nitrogens is 3. The lowest BCUT2D eigenvalue weighted by Gasteiger charge is -2.19. The van der Waals surface area contributed by atoms with Crippen LogP contribution in [-0.2, 0) is 10.2 Å². The predicted octanol–water partition coefficient (Wildman–Crippen LogP) is 1.92. The van der Waals surface area contributed by atoms with E-state index in [1.807, 2.05) is 18.7 Å². The summed E-state index contributed by atoms with van der Waals surface area (Å²) >= 11 is 0. The van der Waals surface area contributed by atoms with E-state index in [9.17, 15) is 9.59 Å². The summed E-state index contributed by atoms with van der Waals surface area (Å²) in [5.74, 6) is 0.103. The molecule has 8 heteroatoms. The van der Waals surface area contributed by atoms with E-state index >= 15 is 0 Å². The lowest BCUT2D eigenvalue weighted by Crippen LogP contribution is -2.37. The van der Waals surface area contributed by atoms with Crippen molar-refractivity contribution in [1.29, 1.82) is 0 Å². The summed E-state index contributed by atoms with van der Waals surface area (Å²) in [6, 6.07) is 2.21. The molecule has 0 spiro atoms. The molecule has 1 fully saturated rings. The van der Waals surface area contributed by atoms with Crippen LogP contribution in [0.1, 0.15) is 42.6 Å². The quantitative estimate of drug-likeness (QED) is 0.902. The number of rotatable bonds is 4. The molecule has 134 valence electrons. The molecule has 0 aromatic carbocycles. The third-order valence-corrected chi connectivity index (χ3v) is 4.80. The zero-order valence-electron chi connectivity index (χ0n) is 14.8. The van der Waals surface area contributed by atoms with Crippen molar-refractivity contribution >= 4 is 23.3 Å². The number of carbonyl (C=O) groups is 2. The minimum absolute atomic E-state index is 0.0869. The first-order chi connectivity index (χ1) is 12.4. The van der Waals surface area contributed by atoms with Crippen LogP contribution >= 0.6 is 0 Å². The molecule has 1 N–H and O–H groups in total. The monoisotopic (exact) mass is 353 g/mol. The number of nitrogens with zero attached hydrogens (tertiary/aromatic N) is 4. The molecule has 1 saturated carbocycles. The average Bonchev–Trinajstić information content (AvgIpc) is 3.44. The molecule has 4 rings (SSSR count). The fourth-order valence-corrected chi connectivity index (χ4v) is 3.14. The van der Waals surface area contributed by atoms with Gasteiger partial charge in [0, 0.05) is 36.3 Å². The molecule has 3 heterocycles. The number of hydrogen-bond acceptors (Lipinski definition) is 6. The molecular formula is C18H19N5O3. The van der Waals surface area contributed by atoms with E-state index in [2.05, 4.69) is 20.3 Å². The van der Waals surface area contributed by atoms with Crippen LogP contribution < -0.4 is 15.0 Å². The largest absolute Gasteiger partial charge is 0.467 e. The number of amides is 2. The highest BCUT2D eigenvalue weighted by Gasteiger charge is 2.49. The molecule has 0 unspecified atom stereocenters. The normalized spacial score (nSPS) is 17.8. The molecule has 0 atom stereocenters. The van der Waals surface area contributed by atoms with Crippen LogP contribution in [0.4, 0.5) is 11.5 Å². The molecule has 0 radical (unpaired) electrons. The Kier molecular flexibility index (Phi) is 3.64. The molecule has 26 heavy (non-hydrogen) atoms. The van der Waals surface area contributed by atoms with Crippen LogP contribution in [0.2, 0.25) is 0 Å². The van der Waals surface area contributed by atoms with Crippen molar-refractivity contribution in [3.8, 4) is 6.01 Å². The summed E-state index contributed by atoms with van der Waals surface area (Å²) < 4.78 is 4.88. The van der Waals surface area contributed by atoms with Gasteiger partial charge in [-0.1, -0.05) is 0 Å². The summed E-state index contributed by atoms with van der Waals surface area (Å²) in [5, 5.41) is 2.74. The van der Waals surface area contributed by atoms with Gasteiger partial charge in [-0.25, -0.2) is 15.0 Å². The Labute approximate surface area is 150 Å². The summed E-state index contributed by atoms with van der Waals surface area (Å²) in [6.07, 6.45) is 6.47. The van der Waals surface area contributed by atoms with Crippen LogP contribution in [-0.4, -0.2) is 39.9 Å². The van der Waals surface area contributed by atoms with Crippen molar-refractivity contribution in [1.82, 2.24) is 15.0 Å². The van der Waals surface area contributed by atoms with E-state index in [-0.39, 0.29) is 23.9 Å². The lowest BCUT2D eigenvalue weighted by atomic mass is 9.87. The SMILES string of the molecule is COc1ncc(C(=O)Nc2cc3c(cn2)C(C)(C)C(=O)N3C2CC2)cn1. The maximum atomic E-state index is 12.8. The number of methoxy groups -OCH3 is 1. The first-order valence-corrected chi connectivity index (χ1v) is 8.43. The minimum atomic E-state index is -0.600. The molecule has 2 aromatic rings. The third-order valence-electron chi connectivity index (χ3n) is 4.80. The van der Waals surface area contributed by atoms with E-state index < -0.39 is 5.41 Å². The average molecular weight is 353 g/mol. The first-order valence-electron chi connectivity index (χ1n) is 8.43. The van der Waals surface area contributed by atoms with E-state index in [1.54, 1.807) is 12.3 Å². The van der Waals surface area contributed by atoms with Crippen LogP contribution in [0.25, 0.3) is 0 Å². The summed E-state index contributed by atoms with van der Waals surface area (Å²) in [4.78, 5) is 39.2. The lowest BCUT2D eigenvalue weighted by molar-refractivity contribution is -0.122. The van der Waals surface area contributed by atoms with Gasteiger partial charge in [-0.15, -0.1) is 0 Å². The summed E-state index contributed by atoms with van der Waals surface area (Å²) in [6.45, 7) is 3.82. The first kappa shape index (κ1) is 16.4. The van der Waals surface area contributed by atoms with Gasteiger partial charge in [0.2, 0.25) is 5.91 Å². The highest BCUT2D eigenvalue weighted by molar-refractivity contribution is 6.09. The van der Waals surface area contributed by atoms with Gasteiger partial charge >= 0.3 is 6.01 Å². The van der Waals surface area contributed by atoms with E-state index in [4.69, 9.17) is 4.74 Å². The van der Waals surface area contributed by atoms with Crippen LogP contribution in [0.3, 0.4) is 0 Å². The third kappa shape index (κ3) is 2.58. The Morgan fingerprint density at radius 3 is 2.54 bits per heavy atom. The molecule has 2 aromatic heterocycles. The highest BCUT2D eigenvalue weighted by Crippen LogP contribution is 2.46. The Morgan fingerprint density at radius 1 is 1.23 bits per heavy atom. The number of pyridine rings is 1. The molecule has 2 amide bonds. The number of ether oxygens (including phenoxy) is 1. The second-order valence-electron chi connectivity index (χ2n) is 7.03. The van der Waals surface area contributed by atoms with Gasteiger partial charge in [-0.05, 0) is 26.7 Å². The molecule has 0 saturated heterocycles. The van der Waals surface area contributed by atoms with Crippen LogP contribution in [0, 0.1) is 0 Å². The molecule has 2 aliphatic rings. The minimum Gasteiger partial charge on any atom is -0.467 e. The van der Waals surface area contributed by atoms with Gasteiger partial charge in [0.25, 0.3) is 5.91 Å². The molecule has 1 aliphatic carbocycles. The van der Waals surface area contributed by atoms with Gasteiger partial charge in [-0.2, -0.15) is 0 Å². The number of fused-ring (bicyclic) bond motifs is 1. The van der Waals surface area contributed by atoms with Gasteiger partial charge in [0.15, 0.2) is 0 Å². The van der Waals surface area contributed by atoms with Crippen molar-refractivity contribution in [2.45, 2.75) is 38.1 Å². The predicted molar refractivity (Wildman–Crippen MR) is 94.3 cm³/mol. The van der Waals surface area contributed by atoms with E-state index in [0.717, 1.165) is 24.1 Å². The summed E-state index contributed by atoms with van der Waals surface area (Å²) in [7, 11) is 1.46. The topological polar surface area (TPSA) is 97.3 Å².